The van der Waals surface area contributed by atoms with E-state index in [2.05, 4.69) is 26.3 Å². The summed E-state index contributed by atoms with van der Waals surface area (Å²) >= 11 is 3.34. The molecule has 0 aliphatic carbocycles. The molecule has 1 aromatic heterocycles. The van der Waals surface area contributed by atoms with E-state index in [1.54, 1.807) is 18.7 Å². The highest BCUT2D eigenvalue weighted by molar-refractivity contribution is 9.10. The number of hydrogen-bond acceptors (Lipinski definition) is 4. The van der Waals surface area contributed by atoms with E-state index in [1.807, 2.05) is 38.1 Å². The van der Waals surface area contributed by atoms with Gasteiger partial charge in [-0.2, -0.15) is 5.10 Å². The van der Waals surface area contributed by atoms with E-state index in [9.17, 15) is 9.59 Å². The van der Waals surface area contributed by atoms with Gasteiger partial charge in [-0.3, -0.25) is 14.3 Å². The number of hydrogen-bond donors (Lipinski definition) is 1. The van der Waals surface area contributed by atoms with Crippen molar-refractivity contribution >= 4 is 33.5 Å². The van der Waals surface area contributed by atoms with Crippen LogP contribution in [0.15, 0.2) is 28.7 Å². The number of carbonyl (C=O) groups excluding carboxylic acids is 2. The average molecular weight is 394 g/mol. The Morgan fingerprint density at radius 3 is 2.46 bits per heavy atom. The maximum Gasteiger partial charge on any atom is 0.311 e. The number of carbonyl (C=O) groups is 2. The van der Waals surface area contributed by atoms with E-state index in [0.29, 0.717) is 5.69 Å². The summed E-state index contributed by atoms with van der Waals surface area (Å²) in [5.74, 6) is -0.821. The number of ether oxygens (including phenoxy) is 1. The van der Waals surface area contributed by atoms with Crippen molar-refractivity contribution in [3.8, 4) is 0 Å². The highest BCUT2D eigenvalue weighted by Gasteiger charge is 2.21. The number of aryl methyl sites for hydroxylation is 2. The van der Waals surface area contributed by atoms with Crippen molar-refractivity contribution in [2.24, 2.45) is 7.05 Å². The minimum atomic E-state index is -0.882. The molecular weight excluding hydrogens is 374 g/mol. The normalized spacial score (nSPS) is 11.9. The average Bonchev–Trinajstić information content (AvgIpc) is 2.75. The molecule has 1 atom stereocenters. The van der Waals surface area contributed by atoms with E-state index < -0.39 is 12.1 Å². The minimum absolute atomic E-state index is 0.121. The van der Waals surface area contributed by atoms with Crippen LogP contribution in [-0.4, -0.2) is 27.8 Å². The van der Waals surface area contributed by atoms with Crippen LogP contribution in [0.2, 0.25) is 0 Å². The molecule has 0 unspecified atom stereocenters. The highest BCUT2D eigenvalue weighted by atomic mass is 79.9. The number of nitrogens with zero attached hydrogens (tertiary/aromatic N) is 2. The fourth-order valence-electron chi connectivity index (χ4n) is 2.24. The Bertz CT molecular complexity index is 753. The number of amides is 1. The molecule has 1 amide bonds. The quantitative estimate of drug-likeness (QED) is 0.792. The molecule has 1 heterocycles. The largest absolute Gasteiger partial charge is 0.452 e. The zero-order chi connectivity index (χ0) is 17.9. The van der Waals surface area contributed by atoms with Gasteiger partial charge in [-0.15, -0.1) is 0 Å². The summed E-state index contributed by atoms with van der Waals surface area (Å²) in [5, 5.41) is 7.01. The van der Waals surface area contributed by atoms with Gasteiger partial charge in [0.2, 0.25) is 0 Å². The molecule has 6 nitrogen and oxygen atoms in total. The smallest absolute Gasteiger partial charge is 0.311 e. The molecule has 128 valence electrons. The van der Waals surface area contributed by atoms with Crippen molar-refractivity contribution in [3.05, 3.63) is 45.7 Å². The molecule has 0 spiro atoms. The maximum atomic E-state index is 12.2. The predicted molar refractivity (Wildman–Crippen MR) is 94.7 cm³/mol. The third-order valence-corrected chi connectivity index (χ3v) is 4.23. The molecular formula is C17H20BrN3O3. The standard InChI is InChI=1S/C17H20BrN3O3/c1-10-16(11(2)21(4)20-10)19-17(23)12(3)24-15(22)9-13-5-7-14(18)8-6-13/h5-8,12H,9H2,1-4H3,(H,19,23)/t12-/m1/s1. The lowest BCUT2D eigenvalue weighted by atomic mass is 10.1. The van der Waals surface area contributed by atoms with E-state index in [-0.39, 0.29) is 12.3 Å². The molecule has 0 saturated heterocycles. The molecule has 7 heteroatoms. The van der Waals surface area contributed by atoms with Gasteiger partial charge in [0.1, 0.15) is 0 Å². The summed E-state index contributed by atoms with van der Waals surface area (Å²) in [7, 11) is 1.81. The van der Waals surface area contributed by atoms with Crippen molar-refractivity contribution in [1.82, 2.24) is 9.78 Å². The Hall–Kier alpha value is -2.15. The van der Waals surface area contributed by atoms with Crippen molar-refractivity contribution in [3.63, 3.8) is 0 Å². The third-order valence-electron chi connectivity index (χ3n) is 3.70. The molecule has 0 bridgehead atoms. The zero-order valence-corrected chi connectivity index (χ0v) is 15.7. The van der Waals surface area contributed by atoms with Crippen molar-refractivity contribution in [1.29, 1.82) is 0 Å². The van der Waals surface area contributed by atoms with Gasteiger partial charge in [-0.05, 0) is 38.5 Å². The van der Waals surface area contributed by atoms with Gasteiger partial charge < -0.3 is 10.1 Å². The molecule has 0 aliphatic rings. The first-order chi connectivity index (χ1) is 11.3. The highest BCUT2D eigenvalue weighted by Crippen LogP contribution is 2.19. The second-order valence-electron chi connectivity index (χ2n) is 5.59. The molecule has 2 aromatic rings. The lowest BCUT2D eigenvalue weighted by Gasteiger charge is -2.14. The van der Waals surface area contributed by atoms with Gasteiger partial charge in [0.05, 0.1) is 23.5 Å². The van der Waals surface area contributed by atoms with Crippen LogP contribution in [0.1, 0.15) is 23.9 Å². The fraction of sp³-hybridized carbons (Fsp3) is 0.353. The number of anilines is 1. The van der Waals surface area contributed by atoms with Crippen molar-refractivity contribution in [2.45, 2.75) is 33.3 Å². The van der Waals surface area contributed by atoms with Crippen LogP contribution < -0.4 is 5.32 Å². The molecule has 24 heavy (non-hydrogen) atoms. The maximum absolute atomic E-state index is 12.2. The molecule has 2 rings (SSSR count). The fourth-order valence-corrected chi connectivity index (χ4v) is 2.50. The Kier molecular flexibility index (Phi) is 5.77. The Balaban J connectivity index is 1.93. The number of rotatable bonds is 5. The number of aromatic nitrogens is 2. The van der Waals surface area contributed by atoms with Crippen LogP contribution in [0.5, 0.6) is 0 Å². The second kappa shape index (κ2) is 7.61. The summed E-state index contributed by atoms with van der Waals surface area (Å²) in [6.45, 7) is 5.22. The summed E-state index contributed by atoms with van der Waals surface area (Å²) < 4.78 is 7.84. The Labute approximate surface area is 149 Å². The molecule has 0 radical (unpaired) electrons. The summed E-state index contributed by atoms with van der Waals surface area (Å²) in [4.78, 5) is 24.2. The van der Waals surface area contributed by atoms with Crippen LogP contribution in [0.3, 0.4) is 0 Å². The van der Waals surface area contributed by atoms with Crippen LogP contribution >= 0.6 is 15.9 Å². The van der Waals surface area contributed by atoms with Gasteiger partial charge in [0.25, 0.3) is 5.91 Å². The lowest BCUT2D eigenvalue weighted by Crippen LogP contribution is -2.30. The van der Waals surface area contributed by atoms with Crippen molar-refractivity contribution in [2.75, 3.05) is 5.32 Å². The summed E-state index contributed by atoms with van der Waals surface area (Å²) in [5.41, 5.74) is 3.04. The van der Waals surface area contributed by atoms with Gasteiger partial charge in [0.15, 0.2) is 6.10 Å². The zero-order valence-electron chi connectivity index (χ0n) is 14.1. The molecule has 0 aliphatic heterocycles. The van der Waals surface area contributed by atoms with Gasteiger partial charge in [-0.25, -0.2) is 0 Å². The van der Waals surface area contributed by atoms with Crippen molar-refractivity contribution < 1.29 is 14.3 Å². The first kappa shape index (κ1) is 18.2. The van der Waals surface area contributed by atoms with Gasteiger partial charge in [-0.1, -0.05) is 28.1 Å². The van der Waals surface area contributed by atoms with E-state index in [0.717, 1.165) is 21.4 Å². The molecule has 0 fully saturated rings. The Morgan fingerprint density at radius 2 is 1.92 bits per heavy atom. The third kappa shape index (κ3) is 4.44. The first-order valence-electron chi connectivity index (χ1n) is 7.53. The van der Waals surface area contributed by atoms with Crippen LogP contribution in [-0.2, 0) is 27.8 Å². The molecule has 1 aromatic carbocycles. The first-order valence-corrected chi connectivity index (χ1v) is 8.32. The van der Waals surface area contributed by atoms with Crippen LogP contribution in [0, 0.1) is 13.8 Å². The number of esters is 1. The van der Waals surface area contributed by atoms with Gasteiger partial charge in [0, 0.05) is 11.5 Å². The van der Waals surface area contributed by atoms with E-state index in [1.165, 1.54) is 0 Å². The number of nitrogens with one attached hydrogen (secondary N) is 1. The summed E-state index contributed by atoms with van der Waals surface area (Å²) in [6, 6.07) is 7.37. The predicted octanol–water partition coefficient (Wildman–Crippen LogP) is 2.91. The van der Waals surface area contributed by atoms with Crippen LogP contribution in [0.4, 0.5) is 5.69 Å². The topological polar surface area (TPSA) is 73.2 Å². The SMILES string of the molecule is Cc1nn(C)c(C)c1NC(=O)[C@@H](C)OC(=O)Cc1ccc(Br)cc1. The second-order valence-corrected chi connectivity index (χ2v) is 6.51. The van der Waals surface area contributed by atoms with Gasteiger partial charge >= 0.3 is 5.97 Å². The van der Waals surface area contributed by atoms with Crippen LogP contribution in [0.25, 0.3) is 0 Å². The number of halogens is 1. The number of benzene rings is 1. The Morgan fingerprint density at radius 1 is 1.29 bits per heavy atom. The molecule has 1 N–H and O–H groups in total. The lowest BCUT2D eigenvalue weighted by molar-refractivity contribution is -0.152. The monoisotopic (exact) mass is 393 g/mol. The molecule has 0 saturated carbocycles. The summed E-state index contributed by atoms with van der Waals surface area (Å²) in [6.07, 6.45) is -0.762. The van der Waals surface area contributed by atoms with E-state index >= 15 is 0 Å². The minimum Gasteiger partial charge on any atom is -0.452 e. The van der Waals surface area contributed by atoms with E-state index in [4.69, 9.17) is 4.74 Å².